The molecular formula is C9H9F4N. The van der Waals surface area contributed by atoms with Gasteiger partial charge in [-0.3, -0.25) is 0 Å². The van der Waals surface area contributed by atoms with Gasteiger partial charge in [0.15, 0.2) is 11.6 Å². The first-order valence-electron chi connectivity index (χ1n) is 3.96. The molecule has 0 heterocycles. The molecule has 0 radical (unpaired) electrons. The van der Waals surface area contributed by atoms with Crippen molar-refractivity contribution in [1.29, 1.82) is 0 Å². The average molecular weight is 207 g/mol. The molecule has 1 aromatic carbocycles. The number of hydrogen-bond donors (Lipinski definition) is 1. The minimum absolute atomic E-state index is 0.729. The van der Waals surface area contributed by atoms with E-state index in [9.17, 15) is 17.6 Å². The van der Waals surface area contributed by atoms with E-state index in [0.29, 0.717) is 0 Å². The van der Waals surface area contributed by atoms with Gasteiger partial charge in [-0.05, 0) is 19.2 Å². The second-order valence-electron chi connectivity index (χ2n) is 2.84. The van der Waals surface area contributed by atoms with Crippen LogP contribution >= 0.6 is 0 Å². The predicted octanol–water partition coefficient (Wildman–Crippen LogP) is 2.28. The van der Waals surface area contributed by atoms with Crippen molar-refractivity contribution in [2.45, 2.75) is 5.92 Å². The van der Waals surface area contributed by atoms with E-state index in [-0.39, 0.29) is 0 Å². The van der Waals surface area contributed by atoms with Crippen LogP contribution in [-0.4, -0.2) is 13.6 Å². The van der Waals surface area contributed by atoms with Gasteiger partial charge in [-0.25, -0.2) is 8.78 Å². The second kappa shape index (κ2) is 3.96. The van der Waals surface area contributed by atoms with Gasteiger partial charge in [-0.1, -0.05) is 6.07 Å². The highest BCUT2D eigenvalue weighted by atomic mass is 19.3. The number of likely N-dealkylation sites (N-methyl/N-ethyl adjacent to an activating group) is 1. The Morgan fingerprint density at radius 2 is 1.93 bits per heavy atom. The molecule has 0 atom stereocenters. The summed E-state index contributed by atoms with van der Waals surface area (Å²) in [4.78, 5) is 0. The quantitative estimate of drug-likeness (QED) is 0.750. The third-order valence-corrected chi connectivity index (χ3v) is 1.74. The fraction of sp³-hybridized carbons (Fsp3) is 0.333. The highest BCUT2D eigenvalue weighted by Crippen LogP contribution is 2.29. The number of rotatable bonds is 3. The van der Waals surface area contributed by atoms with Crippen LogP contribution in [0.25, 0.3) is 0 Å². The maximum atomic E-state index is 13.1. The average Bonchev–Trinajstić information content (AvgIpc) is 2.09. The monoisotopic (exact) mass is 207 g/mol. The Bertz CT molecular complexity index is 325. The number of nitrogens with one attached hydrogen (secondary N) is 1. The fourth-order valence-corrected chi connectivity index (χ4v) is 1.10. The Balaban J connectivity index is 3.12. The largest absolute Gasteiger partial charge is 0.314 e. The smallest absolute Gasteiger partial charge is 0.288 e. The third-order valence-electron chi connectivity index (χ3n) is 1.74. The first-order valence-corrected chi connectivity index (χ1v) is 3.96. The molecule has 0 aliphatic heterocycles. The fourth-order valence-electron chi connectivity index (χ4n) is 1.10. The first-order chi connectivity index (χ1) is 6.49. The molecule has 1 rings (SSSR count). The van der Waals surface area contributed by atoms with Crippen LogP contribution in [0.5, 0.6) is 0 Å². The van der Waals surface area contributed by atoms with E-state index in [1.165, 1.54) is 7.05 Å². The molecule has 5 heteroatoms. The molecule has 1 N–H and O–H groups in total. The van der Waals surface area contributed by atoms with Gasteiger partial charge >= 0.3 is 0 Å². The van der Waals surface area contributed by atoms with Gasteiger partial charge in [0.2, 0.25) is 0 Å². The lowest BCUT2D eigenvalue weighted by atomic mass is 10.1. The molecular weight excluding hydrogens is 198 g/mol. The molecule has 0 fully saturated rings. The van der Waals surface area contributed by atoms with Gasteiger partial charge < -0.3 is 5.32 Å². The Morgan fingerprint density at radius 3 is 2.50 bits per heavy atom. The van der Waals surface area contributed by atoms with E-state index in [0.717, 1.165) is 18.2 Å². The van der Waals surface area contributed by atoms with Gasteiger partial charge in [-0.15, -0.1) is 0 Å². The SMILES string of the molecule is CNCC(F)(F)c1cccc(F)c1F. The maximum Gasteiger partial charge on any atom is 0.288 e. The van der Waals surface area contributed by atoms with E-state index < -0.39 is 29.7 Å². The van der Waals surface area contributed by atoms with Gasteiger partial charge in [-0.2, -0.15) is 8.78 Å². The molecule has 78 valence electrons. The van der Waals surface area contributed by atoms with E-state index in [2.05, 4.69) is 5.32 Å². The molecule has 14 heavy (non-hydrogen) atoms. The number of hydrogen-bond acceptors (Lipinski definition) is 1. The topological polar surface area (TPSA) is 12.0 Å². The van der Waals surface area contributed by atoms with Crippen LogP contribution < -0.4 is 5.32 Å². The van der Waals surface area contributed by atoms with Crippen molar-refractivity contribution >= 4 is 0 Å². The molecule has 1 nitrogen and oxygen atoms in total. The van der Waals surface area contributed by atoms with Crippen LogP contribution in [0.2, 0.25) is 0 Å². The summed E-state index contributed by atoms with van der Waals surface area (Å²) in [7, 11) is 1.31. The molecule has 0 saturated carbocycles. The number of alkyl halides is 2. The Hall–Kier alpha value is -1.10. The van der Waals surface area contributed by atoms with E-state index in [4.69, 9.17) is 0 Å². The van der Waals surface area contributed by atoms with E-state index >= 15 is 0 Å². The summed E-state index contributed by atoms with van der Waals surface area (Å²) in [5.74, 6) is -6.16. The van der Waals surface area contributed by atoms with Gasteiger partial charge in [0.05, 0.1) is 12.1 Å². The molecule has 0 spiro atoms. The zero-order chi connectivity index (χ0) is 10.8. The minimum atomic E-state index is -3.40. The van der Waals surface area contributed by atoms with Crippen LogP contribution in [0.3, 0.4) is 0 Å². The van der Waals surface area contributed by atoms with Crippen molar-refractivity contribution in [3.05, 3.63) is 35.4 Å². The van der Waals surface area contributed by atoms with Crippen molar-refractivity contribution < 1.29 is 17.6 Å². The molecule has 1 aromatic rings. The Morgan fingerprint density at radius 1 is 1.29 bits per heavy atom. The summed E-state index contributed by atoms with van der Waals surface area (Å²) in [6.07, 6.45) is 0. The van der Waals surface area contributed by atoms with Crippen molar-refractivity contribution in [2.75, 3.05) is 13.6 Å². The van der Waals surface area contributed by atoms with Gasteiger partial charge in [0.1, 0.15) is 0 Å². The van der Waals surface area contributed by atoms with Crippen LogP contribution in [-0.2, 0) is 5.92 Å². The van der Waals surface area contributed by atoms with Crippen molar-refractivity contribution in [1.82, 2.24) is 5.32 Å². The normalized spacial score (nSPS) is 11.8. The Labute approximate surface area is 78.7 Å². The summed E-state index contributed by atoms with van der Waals surface area (Å²) in [6.45, 7) is -0.729. The van der Waals surface area contributed by atoms with Crippen LogP contribution in [0.4, 0.5) is 17.6 Å². The number of halogens is 4. The zero-order valence-electron chi connectivity index (χ0n) is 7.45. The van der Waals surface area contributed by atoms with Crippen LogP contribution in [0.15, 0.2) is 18.2 Å². The van der Waals surface area contributed by atoms with E-state index in [1.807, 2.05) is 0 Å². The zero-order valence-corrected chi connectivity index (χ0v) is 7.45. The molecule has 0 saturated heterocycles. The van der Waals surface area contributed by atoms with Gasteiger partial charge in [0.25, 0.3) is 5.92 Å². The molecule has 0 amide bonds. The van der Waals surface area contributed by atoms with Crippen molar-refractivity contribution in [2.24, 2.45) is 0 Å². The molecule has 0 aliphatic rings. The highest BCUT2D eigenvalue weighted by Gasteiger charge is 2.34. The van der Waals surface area contributed by atoms with Crippen molar-refractivity contribution in [3.63, 3.8) is 0 Å². The summed E-state index contributed by atoms with van der Waals surface area (Å²) in [5.41, 5.74) is -0.924. The highest BCUT2D eigenvalue weighted by molar-refractivity contribution is 5.23. The Kier molecular flexibility index (Phi) is 3.10. The summed E-state index contributed by atoms with van der Waals surface area (Å²) >= 11 is 0. The van der Waals surface area contributed by atoms with Gasteiger partial charge in [0, 0.05) is 0 Å². The second-order valence-corrected chi connectivity index (χ2v) is 2.84. The minimum Gasteiger partial charge on any atom is -0.314 e. The predicted molar refractivity (Wildman–Crippen MR) is 44.2 cm³/mol. The molecule has 0 unspecified atom stereocenters. The number of benzene rings is 1. The van der Waals surface area contributed by atoms with E-state index in [1.54, 1.807) is 0 Å². The maximum absolute atomic E-state index is 13.1. The first kappa shape index (κ1) is 11.0. The van der Waals surface area contributed by atoms with Crippen LogP contribution in [0.1, 0.15) is 5.56 Å². The summed E-state index contributed by atoms with van der Waals surface area (Å²) in [5, 5.41) is 2.21. The molecule has 0 aromatic heterocycles. The lowest BCUT2D eigenvalue weighted by Gasteiger charge is -2.16. The lowest BCUT2D eigenvalue weighted by Crippen LogP contribution is -2.29. The molecule has 0 bridgehead atoms. The standard InChI is InChI=1S/C9H9F4N/c1-14-5-9(12,13)6-3-2-4-7(10)8(6)11/h2-4,14H,5H2,1H3. The van der Waals surface area contributed by atoms with Crippen LogP contribution in [0, 0.1) is 11.6 Å². The molecule has 0 aliphatic carbocycles. The third kappa shape index (κ3) is 2.04. The lowest BCUT2D eigenvalue weighted by molar-refractivity contribution is -0.00532. The van der Waals surface area contributed by atoms with Crippen molar-refractivity contribution in [3.8, 4) is 0 Å². The summed E-state index contributed by atoms with van der Waals surface area (Å²) in [6, 6.07) is 2.72. The summed E-state index contributed by atoms with van der Waals surface area (Å²) < 4.78 is 51.8.